The summed E-state index contributed by atoms with van der Waals surface area (Å²) in [7, 11) is 2.16. The lowest BCUT2D eigenvalue weighted by atomic mass is 10.1. The van der Waals surface area contributed by atoms with E-state index in [1.807, 2.05) is 11.3 Å². The van der Waals surface area contributed by atoms with E-state index in [9.17, 15) is 0 Å². The molecule has 0 spiro atoms. The summed E-state index contributed by atoms with van der Waals surface area (Å²) < 4.78 is 0. The molecule has 3 heteroatoms. The number of rotatable bonds is 5. The Bertz CT molecular complexity index is 557. The summed E-state index contributed by atoms with van der Waals surface area (Å²) >= 11 is 1.86. The van der Waals surface area contributed by atoms with Gasteiger partial charge in [0.05, 0.1) is 0 Å². The molecule has 1 aromatic heterocycles. The van der Waals surface area contributed by atoms with Crippen molar-refractivity contribution in [2.45, 2.75) is 33.4 Å². The molecule has 0 radical (unpaired) electrons. The van der Waals surface area contributed by atoms with E-state index < -0.39 is 0 Å². The summed E-state index contributed by atoms with van der Waals surface area (Å²) in [5.41, 5.74) is 10.0. The molecule has 0 aliphatic rings. The van der Waals surface area contributed by atoms with Gasteiger partial charge in [0.1, 0.15) is 0 Å². The molecule has 0 amide bonds. The number of nitrogens with two attached hydrogens (primary N) is 1. The average molecular weight is 288 g/mol. The largest absolute Gasteiger partial charge is 0.329 e. The van der Waals surface area contributed by atoms with Crippen molar-refractivity contribution < 1.29 is 0 Å². The predicted molar refractivity (Wildman–Crippen MR) is 88.2 cm³/mol. The SMILES string of the molecule is Cc1ccc(CN(C)C(CN)c2cc(C)sc2C)cc1. The van der Waals surface area contributed by atoms with Crippen LogP contribution in [0, 0.1) is 20.8 Å². The quantitative estimate of drug-likeness (QED) is 0.906. The van der Waals surface area contributed by atoms with Crippen molar-refractivity contribution in [3.63, 3.8) is 0 Å². The zero-order valence-electron chi connectivity index (χ0n) is 12.8. The second kappa shape index (κ2) is 6.53. The number of thiophene rings is 1. The second-order valence-electron chi connectivity index (χ2n) is 5.52. The molecule has 1 atom stereocenters. The van der Waals surface area contributed by atoms with Gasteiger partial charge in [0.25, 0.3) is 0 Å². The molecule has 2 nitrogen and oxygen atoms in total. The van der Waals surface area contributed by atoms with E-state index in [1.54, 1.807) is 0 Å². The smallest absolute Gasteiger partial charge is 0.0481 e. The molecule has 2 aromatic rings. The van der Waals surface area contributed by atoms with Gasteiger partial charge in [-0.2, -0.15) is 0 Å². The third-order valence-electron chi connectivity index (χ3n) is 3.75. The highest BCUT2D eigenvalue weighted by Gasteiger charge is 2.19. The summed E-state index contributed by atoms with van der Waals surface area (Å²) in [5.74, 6) is 0. The van der Waals surface area contributed by atoms with E-state index in [4.69, 9.17) is 5.73 Å². The highest BCUT2D eigenvalue weighted by atomic mass is 32.1. The fraction of sp³-hybridized carbons (Fsp3) is 0.412. The summed E-state index contributed by atoms with van der Waals surface area (Å²) in [6.45, 7) is 8.05. The lowest BCUT2D eigenvalue weighted by molar-refractivity contribution is 0.241. The lowest BCUT2D eigenvalue weighted by Gasteiger charge is -2.27. The van der Waals surface area contributed by atoms with E-state index in [0.29, 0.717) is 12.6 Å². The Morgan fingerprint density at radius 1 is 1.15 bits per heavy atom. The van der Waals surface area contributed by atoms with Crippen molar-refractivity contribution in [3.05, 3.63) is 56.8 Å². The lowest BCUT2D eigenvalue weighted by Crippen LogP contribution is -2.30. The molecule has 20 heavy (non-hydrogen) atoms. The van der Waals surface area contributed by atoms with Crippen LogP contribution in [-0.4, -0.2) is 18.5 Å². The number of benzene rings is 1. The first-order valence-corrected chi connectivity index (χ1v) is 7.85. The molecule has 0 saturated heterocycles. The molecule has 108 valence electrons. The van der Waals surface area contributed by atoms with Gasteiger partial charge in [-0.3, -0.25) is 4.90 Å². The molecule has 0 fully saturated rings. The van der Waals surface area contributed by atoms with Crippen LogP contribution in [0.3, 0.4) is 0 Å². The van der Waals surface area contributed by atoms with Crippen molar-refractivity contribution in [2.24, 2.45) is 5.73 Å². The summed E-state index contributed by atoms with van der Waals surface area (Å²) in [6, 6.07) is 11.3. The molecule has 1 heterocycles. The number of aryl methyl sites for hydroxylation is 3. The van der Waals surface area contributed by atoms with Crippen LogP contribution in [0.4, 0.5) is 0 Å². The predicted octanol–water partition coefficient (Wildman–Crippen LogP) is 3.81. The van der Waals surface area contributed by atoms with Crippen LogP contribution in [0.5, 0.6) is 0 Å². The first-order chi connectivity index (χ1) is 9.51. The van der Waals surface area contributed by atoms with Gasteiger partial charge < -0.3 is 5.73 Å². The number of hydrogen-bond acceptors (Lipinski definition) is 3. The zero-order chi connectivity index (χ0) is 14.7. The summed E-state index contributed by atoms with van der Waals surface area (Å²) in [4.78, 5) is 5.09. The van der Waals surface area contributed by atoms with Crippen LogP contribution < -0.4 is 5.73 Å². The van der Waals surface area contributed by atoms with Crippen molar-refractivity contribution in [3.8, 4) is 0 Å². The zero-order valence-corrected chi connectivity index (χ0v) is 13.6. The Morgan fingerprint density at radius 2 is 1.80 bits per heavy atom. The Labute approximate surface area is 126 Å². The molecule has 2 N–H and O–H groups in total. The van der Waals surface area contributed by atoms with E-state index in [-0.39, 0.29) is 0 Å². The highest BCUT2D eigenvalue weighted by Crippen LogP contribution is 2.29. The van der Waals surface area contributed by atoms with Gasteiger partial charge in [-0.05, 0) is 45.0 Å². The van der Waals surface area contributed by atoms with Crippen molar-refractivity contribution >= 4 is 11.3 Å². The molecule has 2 rings (SSSR count). The third-order valence-corrected chi connectivity index (χ3v) is 4.73. The van der Waals surface area contributed by atoms with Crippen LogP contribution in [-0.2, 0) is 6.54 Å². The molecule has 1 aromatic carbocycles. The minimum Gasteiger partial charge on any atom is -0.329 e. The monoisotopic (exact) mass is 288 g/mol. The van der Waals surface area contributed by atoms with Gasteiger partial charge in [0, 0.05) is 28.9 Å². The van der Waals surface area contributed by atoms with Crippen molar-refractivity contribution in [1.82, 2.24) is 4.90 Å². The Kier molecular flexibility index (Phi) is 4.97. The number of nitrogens with zero attached hydrogens (tertiary/aromatic N) is 1. The molecular weight excluding hydrogens is 264 g/mol. The van der Waals surface area contributed by atoms with Gasteiger partial charge in [-0.1, -0.05) is 29.8 Å². The van der Waals surface area contributed by atoms with Crippen LogP contribution >= 0.6 is 11.3 Å². The van der Waals surface area contributed by atoms with E-state index in [1.165, 1.54) is 26.4 Å². The number of hydrogen-bond donors (Lipinski definition) is 1. The molecule has 0 bridgehead atoms. The second-order valence-corrected chi connectivity index (χ2v) is 6.98. The van der Waals surface area contributed by atoms with Crippen LogP contribution in [0.2, 0.25) is 0 Å². The molecule has 0 aliphatic carbocycles. The minimum absolute atomic E-state index is 0.293. The van der Waals surface area contributed by atoms with Gasteiger partial charge in [-0.15, -0.1) is 11.3 Å². The summed E-state index contributed by atoms with van der Waals surface area (Å²) in [6.07, 6.45) is 0. The Morgan fingerprint density at radius 3 is 2.30 bits per heavy atom. The number of likely N-dealkylation sites (N-methyl/N-ethyl adjacent to an activating group) is 1. The van der Waals surface area contributed by atoms with Crippen molar-refractivity contribution in [2.75, 3.05) is 13.6 Å². The maximum Gasteiger partial charge on any atom is 0.0481 e. The average Bonchev–Trinajstić information content (AvgIpc) is 2.72. The van der Waals surface area contributed by atoms with E-state index in [0.717, 1.165) is 6.54 Å². The van der Waals surface area contributed by atoms with Crippen LogP contribution in [0.15, 0.2) is 30.3 Å². The van der Waals surface area contributed by atoms with Gasteiger partial charge in [-0.25, -0.2) is 0 Å². The Hall–Kier alpha value is -1.16. The van der Waals surface area contributed by atoms with Crippen LogP contribution in [0.1, 0.15) is 32.5 Å². The first-order valence-electron chi connectivity index (χ1n) is 7.04. The molecule has 0 aliphatic heterocycles. The highest BCUT2D eigenvalue weighted by molar-refractivity contribution is 7.12. The van der Waals surface area contributed by atoms with Gasteiger partial charge in [0.15, 0.2) is 0 Å². The third kappa shape index (κ3) is 3.48. The Balaban J connectivity index is 2.15. The first kappa shape index (κ1) is 15.2. The summed E-state index contributed by atoms with van der Waals surface area (Å²) in [5, 5.41) is 0. The molecular formula is C17H24N2S. The standard InChI is InChI=1S/C17H24N2S/c1-12-5-7-15(8-6-12)11-19(4)17(10-18)16-9-13(2)20-14(16)3/h5-9,17H,10-11,18H2,1-4H3. The topological polar surface area (TPSA) is 29.3 Å². The van der Waals surface area contributed by atoms with E-state index in [2.05, 4.69) is 63.1 Å². The van der Waals surface area contributed by atoms with E-state index >= 15 is 0 Å². The van der Waals surface area contributed by atoms with Gasteiger partial charge in [0.2, 0.25) is 0 Å². The maximum absolute atomic E-state index is 6.02. The normalized spacial score (nSPS) is 12.9. The van der Waals surface area contributed by atoms with Crippen LogP contribution in [0.25, 0.3) is 0 Å². The molecule has 1 unspecified atom stereocenters. The maximum atomic E-state index is 6.02. The van der Waals surface area contributed by atoms with Gasteiger partial charge >= 0.3 is 0 Å². The minimum atomic E-state index is 0.293. The van der Waals surface area contributed by atoms with Crippen molar-refractivity contribution in [1.29, 1.82) is 0 Å². The fourth-order valence-electron chi connectivity index (χ4n) is 2.62. The fourth-order valence-corrected chi connectivity index (χ4v) is 3.60. The molecule has 0 saturated carbocycles.